The number of carbonyl (C=O) groups is 1. The Morgan fingerprint density at radius 1 is 1.40 bits per heavy atom. The number of rotatable bonds is 6. The van der Waals surface area contributed by atoms with Crippen molar-refractivity contribution in [3.63, 3.8) is 0 Å². The number of hydrogen-bond acceptors (Lipinski definition) is 5. The van der Waals surface area contributed by atoms with Crippen LogP contribution in [0.1, 0.15) is 23.2 Å². The summed E-state index contributed by atoms with van der Waals surface area (Å²) in [5.74, 6) is 1.27. The average molecular weight is 377 g/mol. The Hall–Kier alpha value is -2.31. The van der Waals surface area contributed by atoms with Gasteiger partial charge in [-0.2, -0.15) is 0 Å². The van der Waals surface area contributed by atoms with Crippen LogP contribution in [0.15, 0.2) is 46.4 Å². The highest BCUT2D eigenvalue weighted by Gasteiger charge is 2.18. The van der Waals surface area contributed by atoms with E-state index in [1.54, 1.807) is 35.7 Å². The fraction of sp³-hybridized carbons (Fsp3) is 0.222. The molecular formula is C18H17ClN2O3S. The van der Waals surface area contributed by atoms with E-state index in [-0.39, 0.29) is 5.91 Å². The summed E-state index contributed by atoms with van der Waals surface area (Å²) < 4.78 is 10.7. The smallest absolute Gasteiger partial charge is 0.273 e. The molecule has 1 amide bonds. The maximum atomic E-state index is 12.5. The van der Waals surface area contributed by atoms with E-state index in [4.69, 9.17) is 20.8 Å². The number of nitrogens with zero attached hydrogens (tertiary/aromatic N) is 2. The lowest BCUT2D eigenvalue weighted by Crippen LogP contribution is -2.26. The zero-order valence-electron chi connectivity index (χ0n) is 13.9. The van der Waals surface area contributed by atoms with Crippen LogP contribution in [0.25, 0.3) is 10.6 Å². The molecule has 130 valence electrons. The summed E-state index contributed by atoms with van der Waals surface area (Å²) in [6, 6.07) is 9.08. The number of thiazole rings is 1. The van der Waals surface area contributed by atoms with Gasteiger partial charge in [0.15, 0.2) is 0 Å². The lowest BCUT2D eigenvalue weighted by molar-refractivity contribution is 0.0770. The predicted molar refractivity (Wildman–Crippen MR) is 98.2 cm³/mol. The SMILES string of the molecule is CCOc1ccc(-c2nc(C(=O)N(C)Cc3ccco3)cs2)c(Cl)c1. The van der Waals surface area contributed by atoms with Crippen molar-refractivity contribution < 1.29 is 13.9 Å². The van der Waals surface area contributed by atoms with Gasteiger partial charge in [-0.05, 0) is 37.3 Å². The van der Waals surface area contributed by atoms with Gasteiger partial charge in [0.05, 0.1) is 24.4 Å². The summed E-state index contributed by atoms with van der Waals surface area (Å²) in [5, 5.41) is 2.98. The fourth-order valence-corrected chi connectivity index (χ4v) is 3.47. The largest absolute Gasteiger partial charge is 0.494 e. The Morgan fingerprint density at radius 3 is 2.92 bits per heavy atom. The molecule has 1 aromatic carbocycles. The minimum atomic E-state index is -0.166. The molecule has 0 radical (unpaired) electrons. The van der Waals surface area contributed by atoms with E-state index in [2.05, 4.69) is 4.98 Å². The Labute approximate surface area is 154 Å². The molecule has 0 N–H and O–H groups in total. The van der Waals surface area contributed by atoms with E-state index in [0.29, 0.717) is 34.6 Å². The van der Waals surface area contributed by atoms with Crippen molar-refractivity contribution in [2.45, 2.75) is 13.5 Å². The van der Waals surface area contributed by atoms with Crippen LogP contribution in [-0.2, 0) is 6.54 Å². The van der Waals surface area contributed by atoms with Crippen LogP contribution in [0.3, 0.4) is 0 Å². The second-order valence-corrected chi connectivity index (χ2v) is 6.62. The van der Waals surface area contributed by atoms with Crippen LogP contribution < -0.4 is 4.74 Å². The number of halogens is 1. The van der Waals surface area contributed by atoms with Gasteiger partial charge in [-0.1, -0.05) is 11.6 Å². The Bertz CT molecular complexity index is 861. The fourth-order valence-electron chi connectivity index (χ4n) is 2.33. The second-order valence-electron chi connectivity index (χ2n) is 5.35. The first-order valence-corrected chi connectivity index (χ1v) is 9.00. The summed E-state index contributed by atoms with van der Waals surface area (Å²) in [7, 11) is 1.72. The monoisotopic (exact) mass is 376 g/mol. The Balaban J connectivity index is 1.76. The highest BCUT2D eigenvalue weighted by Crippen LogP contribution is 2.33. The second kappa shape index (κ2) is 7.72. The lowest BCUT2D eigenvalue weighted by atomic mass is 10.2. The number of aromatic nitrogens is 1. The summed E-state index contributed by atoms with van der Waals surface area (Å²) >= 11 is 7.71. The molecule has 25 heavy (non-hydrogen) atoms. The minimum absolute atomic E-state index is 0.166. The zero-order chi connectivity index (χ0) is 17.8. The van der Waals surface area contributed by atoms with Crippen molar-refractivity contribution in [1.82, 2.24) is 9.88 Å². The first kappa shape index (κ1) is 17.5. The first-order chi connectivity index (χ1) is 12.1. The highest BCUT2D eigenvalue weighted by molar-refractivity contribution is 7.13. The van der Waals surface area contributed by atoms with Gasteiger partial charge in [-0.15, -0.1) is 11.3 Å². The molecule has 0 unspecified atom stereocenters. The quantitative estimate of drug-likeness (QED) is 0.624. The minimum Gasteiger partial charge on any atom is -0.494 e. The molecule has 0 saturated carbocycles. The van der Waals surface area contributed by atoms with Gasteiger partial charge in [0, 0.05) is 18.0 Å². The van der Waals surface area contributed by atoms with Gasteiger partial charge >= 0.3 is 0 Å². The van der Waals surface area contributed by atoms with E-state index < -0.39 is 0 Å². The number of ether oxygens (including phenoxy) is 1. The number of benzene rings is 1. The molecular weight excluding hydrogens is 360 g/mol. The van der Waals surface area contributed by atoms with Crippen molar-refractivity contribution in [2.75, 3.05) is 13.7 Å². The zero-order valence-corrected chi connectivity index (χ0v) is 15.4. The van der Waals surface area contributed by atoms with E-state index in [1.165, 1.54) is 11.3 Å². The van der Waals surface area contributed by atoms with E-state index >= 15 is 0 Å². The summed E-state index contributed by atoms with van der Waals surface area (Å²) in [5.41, 5.74) is 1.17. The van der Waals surface area contributed by atoms with Gasteiger partial charge in [-0.25, -0.2) is 4.98 Å². The maximum Gasteiger partial charge on any atom is 0.273 e. The predicted octanol–water partition coefficient (Wildman–Crippen LogP) is 4.73. The molecule has 3 aromatic rings. The lowest BCUT2D eigenvalue weighted by Gasteiger charge is -2.13. The van der Waals surface area contributed by atoms with Crippen molar-refractivity contribution in [1.29, 1.82) is 0 Å². The summed E-state index contributed by atoms with van der Waals surface area (Å²) in [4.78, 5) is 18.5. The Morgan fingerprint density at radius 2 is 2.24 bits per heavy atom. The van der Waals surface area contributed by atoms with Gasteiger partial charge in [0.2, 0.25) is 0 Å². The van der Waals surface area contributed by atoms with Crippen molar-refractivity contribution in [3.8, 4) is 16.3 Å². The van der Waals surface area contributed by atoms with E-state index in [1.807, 2.05) is 25.1 Å². The van der Waals surface area contributed by atoms with Crippen LogP contribution in [0.2, 0.25) is 5.02 Å². The highest BCUT2D eigenvalue weighted by atomic mass is 35.5. The topological polar surface area (TPSA) is 55.6 Å². The Kier molecular flexibility index (Phi) is 5.40. The maximum absolute atomic E-state index is 12.5. The molecule has 0 atom stereocenters. The van der Waals surface area contributed by atoms with Crippen LogP contribution in [0, 0.1) is 0 Å². The number of carbonyl (C=O) groups excluding carboxylic acids is 1. The molecule has 3 rings (SSSR count). The third kappa shape index (κ3) is 4.03. The molecule has 0 aliphatic carbocycles. The molecule has 0 aliphatic rings. The molecule has 0 fully saturated rings. The third-order valence-corrected chi connectivity index (χ3v) is 4.71. The van der Waals surface area contributed by atoms with Gasteiger partial charge in [0.25, 0.3) is 5.91 Å². The van der Waals surface area contributed by atoms with Gasteiger partial charge < -0.3 is 14.1 Å². The summed E-state index contributed by atoms with van der Waals surface area (Å²) in [6.07, 6.45) is 1.59. The van der Waals surface area contributed by atoms with Crippen LogP contribution >= 0.6 is 22.9 Å². The molecule has 2 aromatic heterocycles. The van der Waals surface area contributed by atoms with Gasteiger partial charge in [0.1, 0.15) is 22.2 Å². The van der Waals surface area contributed by atoms with Gasteiger partial charge in [-0.3, -0.25) is 4.79 Å². The van der Waals surface area contributed by atoms with Crippen molar-refractivity contribution >= 4 is 28.8 Å². The third-order valence-electron chi connectivity index (χ3n) is 3.53. The molecule has 2 heterocycles. The van der Waals surface area contributed by atoms with Crippen LogP contribution in [0.5, 0.6) is 5.75 Å². The van der Waals surface area contributed by atoms with Crippen molar-refractivity contribution in [3.05, 3.63) is 58.5 Å². The molecule has 0 saturated heterocycles. The normalized spacial score (nSPS) is 10.7. The van der Waals surface area contributed by atoms with Crippen LogP contribution in [-0.4, -0.2) is 29.4 Å². The number of amides is 1. The first-order valence-electron chi connectivity index (χ1n) is 7.74. The molecule has 0 bridgehead atoms. The molecule has 0 spiro atoms. The van der Waals surface area contributed by atoms with Crippen molar-refractivity contribution in [2.24, 2.45) is 0 Å². The van der Waals surface area contributed by atoms with E-state index in [9.17, 15) is 4.79 Å². The van der Waals surface area contributed by atoms with Crippen LogP contribution in [0.4, 0.5) is 0 Å². The standard InChI is InChI=1S/C18H17ClN2O3S/c1-3-23-12-6-7-14(15(19)9-12)17-20-16(11-25-17)18(22)21(2)10-13-5-4-8-24-13/h4-9,11H,3,10H2,1-2H3. The molecule has 5 nitrogen and oxygen atoms in total. The molecule has 0 aliphatic heterocycles. The van der Waals surface area contributed by atoms with E-state index in [0.717, 1.165) is 11.3 Å². The summed E-state index contributed by atoms with van der Waals surface area (Å²) in [6.45, 7) is 2.88. The number of hydrogen-bond donors (Lipinski definition) is 0. The molecule has 7 heteroatoms. The average Bonchev–Trinajstić information content (AvgIpc) is 3.26. The number of furan rings is 1.